The molecule has 0 fully saturated rings. The second-order valence-electron chi connectivity index (χ2n) is 2.82. The van der Waals surface area contributed by atoms with E-state index in [0.29, 0.717) is 13.2 Å². The molecule has 13 heavy (non-hydrogen) atoms. The summed E-state index contributed by atoms with van der Waals surface area (Å²) in [5, 5.41) is 0. The summed E-state index contributed by atoms with van der Waals surface area (Å²) >= 11 is 0. The van der Waals surface area contributed by atoms with Crippen LogP contribution >= 0.6 is 0 Å². The van der Waals surface area contributed by atoms with E-state index in [2.05, 4.69) is 11.5 Å². The van der Waals surface area contributed by atoms with Crippen molar-refractivity contribution < 1.29 is 14.1 Å². The van der Waals surface area contributed by atoms with E-state index < -0.39 is 0 Å². The van der Waals surface area contributed by atoms with Gasteiger partial charge in [-0.3, -0.25) is 4.79 Å². The number of imidazole rings is 1. The second kappa shape index (κ2) is 4.64. The summed E-state index contributed by atoms with van der Waals surface area (Å²) in [6, 6.07) is 0. The minimum atomic E-state index is -0.226. The Hall–Kier alpha value is -1.32. The molecule has 0 aliphatic rings. The number of nitrogens with zero attached hydrogens (tertiary/aromatic N) is 2. The molecule has 1 rings (SSSR count). The van der Waals surface area contributed by atoms with Gasteiger partial charge in [-0.25, -0.2) is 9.13 Å². The van der Waals surface area contributed by atoms with Gasteiger partial charge >= 0.3 is 5.97 Å². The Balaban J connectivity index is 2.32. The third-order valence-electron chi connectivity index (χ3n) is 1.77. The highest BCUT2D eigenvalue weighted by Gasteiger charge is 2.01. The van der Waals surface area contributed by atoms with Crippen molar-refractivity contribution in [3.8, 4) is 0 Å². The maximum absolute atomic E-state index is 10.5. The zero-order valence-electron chi connectivity index (χ0n) is 8.06. The monoisotopic (exact) mass is 183 g/mol. The molecule has 0 saturated carbocycles. The van der Waals surface area contributed by atoms with Gasteiger partial charge in [-0.15, -0.1) is 0 Å². The average molecular weight is 183 g/mol. The van der Waals surface area contributed by atoms with E-state index in [0.717, 1.165) is 6.54 Å². The van der Waals surface area contributed by atoms with Crippen LogP contribution in [-0.2, 0) is 22.6 Å². The number of carbonyl (C=O) groups excluding carboxylic acids is 1. The normalized spacial score (nSPS) is 10.0. The smallest absolute Gasteiger partial charge is 0.302 e. The lowest BCUT2D eigenvalue weighted by atomic mass is 10.6. The minimum absolute atomic E-state index is 0.226. The number of esters is 1. The van der Waals surface area contributed by atoms with E-state index in [1.165, 1.54) is 6.92 Å². The maximum atomic E-state index is 10.5. The van der Waals surface area contributed by atoms with Crippen LogP contribution in [-0.4, -0.2) is 17.1 Å². The van der Waals surface area contributed by atoms with Crippen molar-refractivity contribution in [3.05, 3.63) is 18.7 Å². The zero-order valence-corrected chi connectivity index (χ0v) is 8.06. The number of aromatic nitrogens is 2. The minimum Gasteiger partial charge on any atom is -0.462 e. The third-order valence-corrected chi connectivity index (χ3v) is 1.77. The third kappa shape index (κ3) is 3.27. The van der Waals surface area contributed by atoms with Crippen LogP contribution in [0.5, 0.6) is 0 Å². The number of ether oxygens (including phenoxy) is 1. The van der Waals surface area contributed by atoms with Crippen LogP contribution < -0.4 is 4.57 Å². The summed E-state index contributed by atoms with van der Waals surface area (Å²) < 4.78 is 8.88. The molecule has 0 aliphatic heterocycles. The maximum Gasteiger partial charge on any atom is 0.302 e. The Morgan fingerprint density at radius 1 is 1.62 bits per heavy atom. The lowest BCUT2D eigenvalue weighted by Gasteiger charge is -1.97. The fourth-order valence-electron chi connectivity index (χ4n) is 1.05. The van der Waals surface area contributed by atoms with E-state index in [4.69, 9.17) is 4.74 Å². The van der Waals surface area contributed by atoms with E-state index in [1.807, 2.05) is 23.3 Å². The average Bonchev–Trinajstić information content (AvgIpc) is 2.52. The first kappa shape index (κ1) is 9.77. The van der Waals surface area contributed by atoms with Crippen molar-refractivity contribution in [2.24, 2.45) is 0 Å². The fourth-order valence-corrected chi connectivity index (χ4v) is 1.05. The van der Waals surface area contributed by atoms with Crippen LogP contribution in [0.2, 0.25) is 0 Å². The number of aryl methyl sites for hydroxylation is 1. The molecule has 4 nitrogen and oxygen atoms in total. The number of rotatable bonds is 4. The van der Waals surface area contributed by atoms with Gasteiger partial charge in [0.15, 0.2) is 0 Å². The summed E-state index contributed by atoms with van der Waals surface area (Å²) in [7, 11) is 0. The van der Waals surface area contributed by atoms with Gasteiger partial charge < -0.3 is 4.74 Å². The number of hydrogen-bond acceptors (Lipinski definition) is 2. The van der Waals surface area contributed by atoms with Gasteiger partial charge in [0.2, 0.25) is 6.33 Å². The summed E-state index contributed by atoms with van der Waals surface area (Å²) in [4.78, 5) is 10.5. The molecule has 0 atom stereocenters. The van der Waals surface area contributed by atoms with Gasteiger partial charge in [-0.2, -0.15) is 0 Å². The van der Waals surface area contributed by atoms with Crippen LogP contribution in [0.1, 0.15) is 13.8 Å². The molecule has 0 saturated heterocycles. The molecule has 0 aromatic carbocycles. The lowest BCUT2D eigenvalue weighted by molar-refractivity contribution is -0.697. The highest BCUT2D eigenvalue weighted by Crippen LogP contribution is 1.83. The fraction of sp³-hybridized carbons (Fsp3) is 0.556. The van der Waals surface area contributed by atoms with Crippen LogP contribution in [0.25, 0.3) is 0 Å². The molecule has 1 aromatic rings. The first-order chi connectivity index (χ1) is 6.22. The Kier molecular flexibility index (Phi) is 3.49. The second-order valence-corrected chi connectivity index (χ2v) is 2.82. The summed E-state index contributed by atoms with van der Waals surface area (Å²) in [5.41, 5.74) is 0. The van der Waals surface area contributed by atoms with Crippen molar-refractivity contribution in [2.45, 2.75) is 26.9 Å². The van der Waals surface area contributed by atoms with E-state index in [1.54, 1.807) is 0 Å². The summed E-state index contributed by atoms with van der Waals surface area (Å²) in [5.74, 6) is -0.226. The van der Waals surface area contributed by atoms with Crippen molar-refractivity contribution in [3.63, 3.8) is 0 Å². The standard InChI is InChI=1S/C9H15N2O2/c1-3-10-4-5-11(8-10)6-7-13-9(2)12/h4-5,8H,3,6-7H2,1-2H3/q+1. The van der Waals surface area contributed by atoms with E-state index in [-0.39, 0.29) is 5.97 Å². The van der Waals surface area contributed by atoms with Crippen molar-refractivity contribution in [1.82, 2.24) is 4.57 Å². The zero-order chi connectivity index (χ0) is 9.68. The topological polar surface area (TPSA) is 35.1 Å². The van der Waals surface area contributed by atoms with E-state index in [9.17, 15) is 4.79 Å². The van der Waals surface area contributed by atoms with Gasteiger partial charge in [-0.1, -0.05) is 0 Å². The van der Waals surface area contributed by atoms with Crippen LogP contribution in [0.4, 0.5) is 0 Å². The predicted octanol–water partition coefficient (Wildman–Crippen LogP) is 0.359. The lowest BCUT2D eigenvalue weighted by Crippen LogP contribution is -2.34. The Morgan fingerprint density at radius 3 is 2.92 bits per heavy atom. The molecule has 0 bridgehead atoms. The van der Waals surface area contributed by atoms with Gasteiger partial charge in [-0.05, 0) is 6.92 Å². The predicted molar refractivity (Wildman–Crippen MR) is 46.9 cm³/mol. The molecular formula is C9H15N2O2+. The molecule has 0 spiro atoms. The van der Waals surface area contributed by atoms with Gasteiger partial charge in [0, 0.05) is 6.92 Å². The first-order valence-electron chi connectivity index (χ1n) is 4.40. The summed E-state index contributed by atoms with van der Waals surface area (Å²) in [6.45, 7) is 5.61. The van der Waals surface area contributed by atoms with Crippen molar-refractivity contribution in [2.75, 3.05) is 6.61 Å². The molecule has 0 N–H and O–H groups in total. The molecule has 1 heterocycles. The SMILES string of the molecule is CCn1cc[n+](CCOC(C)=O)c1. The van der Waals surface area contributed by atoms with Gasteiger partial charge in [0.25, 0.3) is 0 Å². The van der Waals surface area contributed by atoms with Crippen molar-refractivity contribution in [1.29, 1.82) is 0 Å². The van der Waals surface area contributed by atoms with Crippen LogP contribution in [0, 0.1) is 0 Å². The molecule has 1 aromatic heterocycles. The molecule has 0 radical (unpaired) electrons. The summed E-state index contributed by atoms with van der Waals surface area (Å²) in [6.07, 6.45) is 5.95. The van der Waals surface area contributed by atoms with Crippen LogP contribution in [0.3, 0.4) is 0 Å². The quantitative estimate of drug-likeness (QED) is 0.499. The molecule has 72 valence electrons. The Labute approximate surface area is 77.7 Å². The van der Waals surface area contributed by atoms with Crippen LogP contribution in [0.15, 0.2) is 18.7 Å². The Bertz CT molecular complexity index is 281. The Morgan fingerprint density at radius 2 is 2.38 bits per heavy atom. The molecule has 0 amide bonds. The highest BCUT2D eigenvalue weighted by molar-refractivity contribution is 5.65. The molecule has 0 aliphatic carbocycles. The first-order valence-corrected chi connectivity index (χ1v) is 4.40. The molecular weight excluding hydrogens is 168 g/mol. The molecule has 4 heteroatoms. The van der Waals surface area contributed by atoms with Gasteiger partial charge in [0.05, 0.1) is 6.54 Å². The largest absolute Gasteiger partial charge is 0.462 e. The number of hydrogen-bond donors (Lipinski definition) is 0. The number of carbonyl (C=O) groups is 1. The molecule has 0 unspecified atom stereocenters. The van der Waals surface area contributed by atoms with Gasteiger partial charge in [0.1, 0.15) is 25.5 Å². The van der Waals surface area contributed by atoms with E-state index >= 15 is 0 Å². The highest BCUT2D eigenvalue weighted by atomic mass is 16.5. The van der Waals surface area contributed by atoms with Crippen molar-refractivity contribution >= 4 is 5.97 Å².